The van der Waals surface area contributed by atoms with Crippen molar-refractivity contribution in [1.29, 1.82) is 0 Å². The van der Waals surface area contributed by atoms with Crippen LogP contribution in [-0.4, -0.2) is 35.6 Å². The van der Waals surface area contributed by atoms with Gasteiger partial charge in [-0.1, -0.05) is 29.8 Å². The summed E-state index contributed by atoms with van der Waals surface area (Å²) in [7, 11) is 3.27. The highest BCUT2D eigenvalue weighted by Gasteiger charge is 2.41. The minimum Gasteiger partial charge on any atom is -0.494 e. The lowest BCUT2D eigenvalue weighted by atomic mass is 9.84. The molecule has 188 valence electrons. The molecule has 8 nitrogen and oxygen atoms in total. The molecule has 0 unspecified atom stereocenters. The highest BCUT2D eigenvalue weighted by Crippen LogP contribution is 2.51. The first-order chi connectivity index (χ1) is 18.1. The maximum Gasteiger partial charge on any atom is 0.226 e. The minimum atomic E-state index is -0.371. The van der Waals surface area contributed by atoms with Crippen LogP contribution >= 0.6 is 0 Å². The van der Waals surface area contributed by atoms with Crippen molar-refractivity contribution in [3.63, 3.8) is 0 Å². The molecule has 0 saturated carbocycles. The normalized spacial score (nSPS) is 17.6. The third-order valence-electron chi connectivity index (χ3n) is 6.79. The largest absolute Gasteiger partial charge is 0.494 e. The van der Waals surface area contributed by atoms with Gasteiger partial charge in [0.1, 0.15) is 30.0 Å². The van der Waals surface area contributed by atoms with Crippen molar-refractivity contribution in [3.8, 4) is 23.0 Å². The van der Waals surface area contributed by atoms with Crippen LogP contribution in [0.4, 0.5) is 5.95 Å². The SMILES string of the molecule is CCOc1ccc([C@H]2Oc3ccc(C)cc3C3=C2[C@@H](c2ccc(OC)c(OC)c2)n2ncnc2N3)cc1. The monoisotopic (exact) mass is 496 g/mol. The van der Waals surface area contributed by atoms with E-state index in [1.165, 1.54) is 0 Å². The molecule has 0 saturated heterocycles. The number of aromatic nitrogens is 3. The topological polar surface area (TPSA) is 79.7 Å². The first kappa shape index (κ1) is 23.0. The number of hydrogen-bond donors (Lipinski definition) is 1. The number of benzene rings is 3. The van der Waals surface area contributed by atoms with Crippen molar-refractivity contribution in [1.82, 2.24) is 14.8 Å². The number of fused-ring (bicyclic) bond motifs is 3. The molecule has 3 aromatic carbocycles. The van der Waals surface area contributed by atoms with Crippen molar-refractivity contribution in [2.45, 2.75) is 26.0 Å². The van der Waals surface area contributed by atoms with E-state index in [1.54, 1.807) is 20.5 Å². The summed E-state index contributed by atoms with van der Waals surface area (Å²) < 4.78 is 25.5. The Morgan fingerprint density at radius 2 is 1.73 bits per heavy atom. The molecule has 2 aliphatic heterocycles. The van der Waals surface area contributed by atoms with Gasteiger partial charge in [-0.2, -0.15) is 10.1 Å². The fourth-order valence-corrected chi connectivity index (χ4v) is 5.11. The molecule has 0 aliphatic carbocycles. The lowest BCUT2D eigenvalue weighted by molar-refractivity contribution is 0.222. The van der Waals surface area contributed by atoms with E-state index in [2.05, 4.69) is 46.6 Å². The van der Waals surface area contributed by atoms with Gasteiger partial charge < -0.3 is 24.3 Å². The molecule has 3 heterocycles. The zero-order chi connectivity index (χ0) is 25.5. The molecule has 0 amide bonds. The smallest absolute Gasteiger partial charge is 0.226 e. The Kier molecular flexibility index (Phi) is 5.71. The van der Waals surface area contributed by atoms with E-state index in [0.29, 0.717) is 24.1 Å². The lowest BCUT2D eigenvalue weighted by Crippen LogP contribution is -2.32. The average Bonchev–Trinajstić information content (AvgIpc) is 3.40. The summed E-state index contributed by atoms with van der Waals surface area (Å²) in [5.41, 5.74) is 6.14. The standard InChI is InChI=1S/C29H28N4O4/c1-5-36-20-10-7-18(8-11-20)28-25-26(21-14-17(2)6-12-22(21)37-28)32-29-30-16-31-33(29)27(25)19-9-13-23(34-3)24(15-19)35-4/h6-16,27-28H,5H2,1-4H3,(H,30,31,32)/t27-,28-/m1/s1. The first-order valence-corrected chi connectivity index (χ1v) is 12.2. The van der Waals surface area contributed by atoms with E-state index in [0.717, 1.165) is 45.0 Å². The van der Waals surface area contributed by atoms with Crippen LogP contribution in [0.2, 0.25) is 0 Å². The second-order valence-corrected chi connectivity index (χ2v) is 9.00. The number of nitrogens with one attached hydrogen (secondary N) is 1. The fraction of sp³-hybridized carbons (Fsp3) is 0.241. The molecule has 6 rings (SSSR count). The van der Waals surface area contributed by atoms with Gasteiger partial charge in [0.05, 0.1) is 26.5 Å². The fourth-order valence-electron chi connectivity index (χ4n) is 5.11. The summed E-state index contributed by atoms with van der Waals surface area (Å²) in [6.45, 7) is 4.67. The van der Waals surface area contributed by atoms with E-state index in [9.17, 15) is 0 Å². The van der Waals surface area contributed by atoms with Gasteiger partial charge in [-0.25, -0.2) is 4.68 Å². The van der Waals surface area contributed by atoms with Crippen LogP contribution in [0.25, 0.3) is 5.70 Å². The van der Waals surface area contributed by atoms with Crippen LogP contribution < -0.4 is 24.3 Å². The lowest BCUT2D eigenvalue weighted by Gasteiger charge is -2.39. The van der Waals surface area contributed by atoms with Crippen molar-refractivity contribution in [2.75, 3.05) is 26.1 Å². The van der Waals surface area contributed by atoms with Gasteiger partial charge in [0.15, 0.2) is 11.5 Å². The maximum atomic E-state index is 6.73. The summed E-state index contributed by atoms with van der Waals surface area (Å²) in [5, 5.41) is 8.16. The number of nitrogens with zero attached hydrogens (tertiary/aromatic N) is 3. The maximum absolute atomic E-state index is 6.73. The molecule has 1 N–H and O–H groups in total. The molecule has 2 aliphatic rings. The Morgan fingerprint density at radius 3 is 2.49 bits per heavy atom. The number of anilines is 1. The second-order valence-electron chi connectivity index (χ2n) is 9.00. The average molecular weight is 497 g/mol. The van der Waals surface area contributed by atoms with E-state index < -0.39 is 0 Å². The minimum absolute atomic E-state index is 0.293. The molecule has 0 radical (unpaired) electrons. The van der Waals surface area contributed by atoms with Gasteiger partial charge in [0.25, 0.3) is 0 Å². The van der Waals surface area contributed by atoms with Crippen molar-refractivity contribution in [2.24, 2.45) is 0 Å². The van der Waals surface area contributed by atoms with Crippen molar-refractivity contribution in [3.05, 3.63) is 94.8 Å². The van der Waals surface area contributed by atoms with Gasteiger partial charge in [-0.15, -0.1) is 0 Å². The molecule has 1 aromatic heterocycles. The molecule has 0 bridgehead atoms. The van der Waals surface area contributed by atoms with E-state index in [-0.39, 0.29) is 12.1 Å². The van der Waals surface area contributed by atoms with Crippen LogP contribution in [0.3, 0.4) is 0 Å². The van der Waals surface area contributed by atoms with Crippen molar-refractivity contribution < 1.29 is 18.9 Å². The Hall–Kier alpha value is -4.46. The molecule has 0 spiro atoms. The molecule has 0 fully saturated rings. The second kappa shape index (κ2) is 9.20. The third kappa shape index (κ3) is 3.85. The molecular weight excluding hydrogens is 468 g/mol. The summed E-state index contributed by atoms with van der Waals surface area (Å²) in [6, 6.07) is 20.0. The number of rotatable bonds is 6. The van der Waals surface area contributed by atoms with Crippen LogP contribution in [-0.2, 0) is 0 Å². The van der Waals surface area contributed by atoms with Gasteiger partial charge in [0, 0.05) is 11.1 Å². The third-order valence-corrected chi connectivity index (χ3v) is 6.79. The van der Waals surface area contributed by atoms with Gasteiger partial charge in [-0.3, -0.25) is 0 Å². The summed E-state index contributed by atoms with van der Waals surface area (Å²) in [5.74, 6) is 3.61. The van der Waals surface area contributed by atoms with Crippen LogP contribution in [0.5, 0.6) is 23.0 Å². The van der Waals surface area contributed by atoms with Gasteiger partial charge in [0.2, 0.25) is 5.95 Å². The summed E-state index contributed by atoms with van der Waals surface area (Å²) in [6.07, 6.45) is 1.20. The van der Waals surface area contributed by atoms with E-state index in [1.807, 2.05) is 48.0 Å². The number of aryl methyl sites for hydroxylation is 1. The van der Waals surface area contributed by atoms with Crippen LogP contribution in [0.1, 0.15) is 41.3 Å². The summed E-state index contributed by atoms with van der Waals surface area (Å²) >= 11 is 0. The first-order valence-electron chi connectivity index (χ1n) is 12.2. The molecule has 8 heteroatoms. The Bertz CT molecular complexity index is 1490. The van der Waals surface area contributed by atoms with E-state index in [4.69, 9.17) is 18.9 Å². The van der Waals surface area contributed by atoms with Gasteiger partial charge >= 0.3 is 0 Å². The number of methoxy groups -OCH3 is 2. The van der Waals surface area contributed by atoms with Crippen molar-refractivity contribution >= 4 is 11.6 Å². The Labute approximate surface area is 215 Å². The Morgan fingerprint density at radius 1 is 0.946 bits per heavy atom. The van der Waals surface area contributed by atoms with Gasteiger partial charge in [-0.05, 0) is 61.4 Å². The van der Waals surface area contributed by atoms with E-state index >= 15 is 0 Å². The quantitative estimate of drug-likeness (QED) is 0.374. The van der Waals surface area contributed by atoms with Crippen LogP contribution in [0, 0.1) is 6.92 Å². The predicted octanol–water partition coefficient (Wildman–Crippen LogP) is 5.56. The van der Waals surface area contributed by atoms with Crippen LogP contribution in [0.15, 0.2) is 72.6 Å². The predicted molar refractivity (Wildman–Crippen MR) is 140 cm³/mol. The molecule has 2 atom stereocenters. The summed E-state index contributed by atoms with van der Waals surface area (Å²) in [4.78, 5) is 4.52. The highest BCUT2D eigenvalue weighted by atomic mass is 16.5. The molecular formula is C29H28N4O4. The Balaban J connectivity index is 1.58. The zero-order valence-corrected chi connectivity index (χ0v) is 21.2. The highest BCUT2D eigenvalue weighted by molar-refractivity contribution is 5.85. The molecule has 4 aromatic rings. The molecule has 37 heavy (non-hydrogen) atoms. The number of ether oxygens (including phenoxy) is 4. The zero-order valence-electron chi connectivity index (χ0n) is 21.2. The number of hydrogen-bond acceptors (Lipinski definition) is 7.